The van der Waals surface area contributed by atoms with Crippen molar-refractivity contribution < 1.29 is 13.2 Å². The summed E-state index contributed by atoms with van der Waals surface area (Å²) in [6, 6.07) is 3.27. The minimum atomic E-state index is -4.53. The maximum Gasteiger partial charge on any atom is 0.417 e. The normalized spacial score (nSPS) is 13.5. The van der Waals surface area contributed by atoms with Gasteiger partial charge in [-0.25, -0.2) is 9.97 Å². The van der Waals surface area contributed by atoms with Gasteiger partial charge in [-0.3, -0.25) is 0 Å². The van der Waals surface area contributed by atoms with Gasteiger partial charge in [-0.15, -0.1) is 11.6 Å². The number of hydrogen-bond acceptors (Lipinski definition) is 3. The molecule has 1 N–H and O–H groups in total. The molecular weight excluding hydrogens is 422 g/mol. The van der Waals surface area contributed by atoms with Crippen LogP contribution in [0, 0.1) is 11.8 Å². The molecule has 3 nitrogen and oxygen atoms in total. The van der Waals surface area contributed by atoms with E-state index in [-0.39, 0.29) is 28.4 Å². The van der Waals surface area contributed by atoms with E-state index in [1.165, 1.54) is 18.5 Å². The molecule has 0 bridgehead atoms. The molecule has 2 unspecified atom stereocenters. The van der Waals surface area contributed by atoms with Gasteiger partial charge in [-0.2, -0.15) is 13.2 Å². The Bertz CT molecular complexity index is 874. The Morgan fingerprint density at radius 3 is 2.52 bits per heavy atom. The Labute approximate surface area is 170 Å². The molecule has 1 heterocycles. The molecule has 0 aliphatic carbocycles. The molecule has 0 radical (unpaired) electrons. The van der Waals surface area contributed by atoms with Crippen LogP contribution in [0.5, 0.6) is 0 Å². The first-order chi connectivity index (χ1) is 12.6. The van der Waals surface area contributed by atoms with Gasteiger partial charge in [0.15, 0.2) is 0 Å². The number of alkyl halides is 4. The highest BCUT2D eigenvalue weighted by molar-refractivity contribution is 6.34. The molecule has 2 aromatic rings. The highest BCUT2D eigenvalue weighted by Gasteiger charge is 2.33. The Balaban J connectivity index is 2.13. The van der Waals surface area contributed by atoms with E-state index in [2.05, 4.69) is 27.1 Å². The van der Waals surface area contributed by atoms with Crippen LogP contribution in [-0.4, -0.2) is 16.0 Å². The van der Waals surface area contributed by atoms with Gasteiger partial charge in [0.2, 0.25) is 0 Å². The van der Waals surface area contributed by atoms with Gasteiger partial charge in [0.05, 0.1) is 16.6 Å². The van der Waals surface area contributed by atoms with Crippen LogP contribution < -0.4 is 5.32 Å². The molecule has 0 aliphatic heterocycles. The highest BCUT2D eigenvalue weighted by Crippen LogP contribution is 2.33. The summed E-state index contributed by atoms with van der Waals surface area (Å²) in [7, 11) is 0. The van der Waals surface area contributed by atoms with Gasteiger partial charge >= 0.3 is 6.18 Å². The first kappa shape index (κ1) is 21.6. The zero-order valence-electron chi connectivity index (χ0n) is 14.3. The summed E-state index contributed by atoms with van der Waals surface area (Å²) in [6.45, 7) is 3.54. The molecule has 0 saturated heterocycles. The molecule has 0 saturated carbocycles. The molecule has 0 fully saturated rings. The number of benzene rings is 1. The number of anilines is 1. The first-order valence-electron chi connectivity index (χ1n) is 7.86. The predicted molar refractivity (Wildman–Crippen MR) is 102 cm³/mol. The van der Waals surface area contributed by atoms with Crippen molar-refractivity contribution >= 4 is 40.6 Å². The lowest BCUT2D eigenvalue weighted by Crippen LogP contribution is -2.16. The van der Waals surface area contributed by atoms with Gasteiger partial charge in [0.1, 0.15) is 17.2 Å². The smallest absolute Gasteiger partial charge is 0.365 e. The fourth-order valence-corrected chi connectivity index (χ4v) is 2.91. The topological polar surface area (TPSA) is 37.8 Å². The Hall–Kier alpha value is -1.68. The third-order valence-corrected chi connectivity index (χ3v) is 4.31. The molecule has 1 aromatic carbocycles. The molecule has 1 aromatic heterocycles. The lowest BCUT2D eigenvalue weighted by Gasteiger charge is -2.15. The van der Waals surface area contributed by atoms with Crippen LogP contribution in [0.4, 0.5) is 19.0 Å². The molecule has 9 heteroatoms. The second kappa shape index (κ2) is 9.01. The summed E-state index contributed by atoms with van der Waals surface area (Å²) in [5, 5.41) is 2.98. The summed E-state index contributed by atoms with van der Waals surface area (Å²) < 4.78 is 39.2. The largest absolute Gasteiger partial charge is 0.417 e. The molecule has 2 rings (SSSR count). The zero-order valence-corrected chi connectivity index (χ0v) is 16.6. The second-order valence-corrected chi connectivity index (χ2v) is 7.25. The average Bonchev–Trinajstić information content (AvgIpc) is 2.57. The van der Waals surface area contributed by atoms with Crippen molar-refractivity contribution in [3.8, 4) is 11.8 Å². The Morgan fingerprint density at radius 1 is 1.19 bits per heavy atom. The van der Waals surface area contributed by atoms with Crippen LogP contribution in [0.15, 0.2) is 24.5 Å². The quantitative estimate of drug-likeness (QED) is 0.448. The van der Waals surface area contributed by atoms with E-state index in [1.807, 2.05) is 6.92 Å². The maximum absolute atomic E-state index is 13.1. The van der Waals surface area contributed by atoms with E-state index in [4.69, 9.17) is 34.8 Å². The molecule has 144 valence electrons. The fraction of sp³-hybridized carbons (Fsp3) is 0.333. The van der Waals surface area contributed by atoms with Crippen molar-refractivity contribution in [1.82, 2.24) is 9.97 Å². The van der Waals surface area contributed by atoms with Crippen LogP contribution in [0.2, 0.25) is 10.0 Å². The summed E-state index contributed by atoms with van der Waals surface area (Å²) in [5.74, 6) is 5.69. The summed E-state index contributed by atoms with van der Waals surface area (Å²) >= 11 is 17.9. The van der Waals surface area contributed by atoms with Crippen molar-refractivity contribution in [2.45, 2.75) is 37.9 Å². The number of nitrogens with zero attached hydrogens (tertiary/aromatic N) is 2. The van der Waals surface area contributed by atoms with Crippen molar-refractivity contribution in [3.63, 3.8) is 0 Å². The Kier molecular flexibility index (Phi) is 7.21. The number of halogens is 6. The van der Waals surface area contributed by atoms with E-state index in [0.717, 1.165) is 6.07 Å². The monoisotopic (exact) mass is 435 g/mol. The maximum atomic E-state index is 13.1. The second-order valence-electron chi connectivity index (χ2n) is 5.78. The number of rotatable bonds is 4. The van der Waals surface area contributed by atoms with Gasteiger partial charge in [-0.1, -0.05) is 35.0 Å². The van der Waals surface area contributed by atoms with Crippen molar-refractivity contribution in [2.75, 3.05) is 5.32 Å². The van der Waals surface area contributed by atoms with Crippen LogP contribution in [0.1, 0.15) is 42.5 Å². The molecule has 27 heavy (non-hydrogen) atoms. The molecule has 2 atom stereocenters. The van der Waals surface area contributed by atoms with Crippen molar-refractivity contribution in [3.05, 3.63) is 51.4 Å². The highest BCUT2D eigenvalue weighted by atomic mass is 35.5. The van der Waals surface area contributed by atoms with Crippen LogP contribution >= 0.6 is 34.8 Å². The van der Waals surface area contributed by atoms with Gasteiger partial charge < -0.3 is 5.32 Å². The van der Waals surface area contributed by atoms with Crippen LogP contribution in [0.3, 0.4) is 0 Å². The van der Waals surface area contributed by atoms with E-state index in [0.29, 0.717) is 16.5 Å². The average molecular weight is 437 g/mol. The molecule has 0 spiro atoms. The van der Waals surface area contributed by atoms with E-state index < -0.39 is 11.7 Å². The van der Waals surface area contributed by atoms with Crippen LogP contribution in [0.25, 0.3) is 0 Å². The number of aromatic nitrogens is 2. The van der Waals surface area contributed by atoms with Gasteiger partial charge in [0.25, 0.3) is 0 Å². The lowest BCUT2D eigenvalue weighted by atomic mass is 10.1. The standard InChI is InChI=1S/C18H15Cl3F3N3/c1-10(27-17-15(21)16(11(2)19)25-9-26-17)4-3-5-12-6-7-13(20)8-14(12)18(22,23)24/h6-11H,4H2,1-2H3,(H,25,26,27). The minimum Gasteiger partial charge on any atom is -0.365 e. The summed E-state index contributed by atoms with van der Waals surface area (Å²) in [4.78, 5) is 8.09. The third kappa shape index (κ3) is 5.90. The molecular formula is C18H15Cl3F3N3. The van der Waals surface area contributed by atoms with Crippen LogP contribution in [-0.2, 0) is 6.18 Å². The zero-order chi connectivity index (χ0) is 20.2. The first-order valence-corrected chi connectivity index (χ1v) is 9.05. The van der Waals surface area contributed by atoms with E-state index >= 15 is 0 Å². The number of nitrogens with one attached hydrogen (secondary N) is 1. The van der Waals surface area contributed by atoms with Gasteiger partial charge in [-0.05, 0) is 32.0 Å². The third-order valence-electron chi connectivity index (χ3n) is 3.49. The SMILES string of the molecule is CC(CC#Cc1ccc(Cl)cc1C(F)(F)F)Nc1ncnc(C(C)Cl)c1Cl. The number of hydrogen-bond donors (Lipinski definition) is 1. The van der Waals surface area contributed by atoms with Crippen molar-refractivity contribution in [2.24, 2.45) is 0 Å². The fourth-order valence-electron chi connectivity index (χ4n) is 2.21. The predicted octanol–water partition coefficient (Wildman–Crippen LogP) is 6.34. The van der Waals surface area contributed by atoms with Crippen molar-refractivity contribution in [1.29, 1.82) is 0 Å². The summed E-state index contributed by atoms with van der Waals surface area (Å²) in [6.07, 6.45) is -2.92. The molecule has 0 aliphatic rings. The Morgan fingerprint density at radius 2 is 1.89 bits per heavy atom. The minimum absolute atomic E-state index is 0.00522. The van der Waals surface area contributed by atoms with Gasteiger partial charge in [0, 0.05) is 23.0 Å². The van der Waals surface area contributed by atoms with E-state index in [9.17, 15) is 13.2 Å². The lowest BCUT2D eigenvalue weighted by molar-refractivity contribution is -0.137. The molecule has 0 amide bonds. The van der Waals surface area contributed by atoms with E-state index in [1.54, 1.807) is 6.92 Å². The summed E-state index contributed by atoms with van der Waals surface area (Å²) in [5.41, 5.74) is -0.495.